The lowest BCUT2D eigenvalue weighted by atomic mass is 10.0. The van der Waals surface area contributed by atoms with E-state index < -0.39 is 0 Å². The van der Waals surface area contributed by atoms with E-state index in [1.54, 1.807) is 30.2 Å². The predicted molar refractivity (Wildman–Crippen MR) is 92.7 cm³/mol. The first-order valence-corrected chi connectivity index (χ1v) is 8.33. The van der Waals surface area contributed by atoms with Crippen LogP contribution in [0.25, 0.3) is 0 Å². The zero-order valence-corrected chi connectivity index (χ0v) is 13.2. The highest BCUT2D eigenvalue weighted by molar-refractivity contribution is 7.99. The van der Waals surface area contributed by atoms with Crippen LogP contribution in [-0.2, 0) is 0 Å². The Morgan fingerprint density at radius 2 is 1.83 bits per heavy atom. The molecule has 0 radical (unpaired) electrons. The van der Waals surface area contributed by atoms with Gasteiger partial charge in [-0.05, 0) is 42.0 Å². The van der Waals surface area contributed by atoms with E-state index in [1.165, 1.54) is 5.56 Å². The molecule has 0 saturated heterocycles. The van der Waals surface area contributed by atoms with Crippen molar-refractivity contribution in [1.82, 2.24) is 0 Å². The number of rotatable bonds is 2. The minimum Gasteiger partial charge on any atom is -0.508 e. The lowest BCUT2D eigenvalue weighted by molar-refractivity contribution is 0.475. The van der Waals surface area contributed by atoms with Gasteiger partial charge in [0.15, 0.2) is 0 Å². The smallest absolute Gasteiger partial charge is 0.148 e. The minimum atomic E-state index is 0.225. The molecule has 1 aromatic heterocycles. The number of phenols is 1. The molecule has 3 nitrogen and oxygen atoms in total. The zero-order valence-electron chi connectivity index (χ0n) is 12.3. The van der Waals surface area contributed by atoms with Crippen molar-refractivity contribution in [3.8, 4) is 5.75 Å². The number of fused-ring (bicyclic) bond motifs is 1. The molecule has 1 unspecified atom stereocenters. The first kappa shape index (κ1) is 14.2. The summed E-state index contributed by atoms with van der Waals surface area (Å²) in [5.41, 5.74) is 3.10. The minimum absolute atomic E-state index is 0.225. The van der Waals surface area contributed by atoms with Crippen LogP contribution in [0, 0.1) is 0 Å². The SMILES string of the molecule is Oc1ccc(C2CC(c3ccco3)=Nc3ccccc3S2)cc1. The van der Waals surface area contributed by atoms with Crippen molar-refractivity contribution < 1.29 is 9.52 Å². The number of hydrogen-bond acceptors (Lipinski definition) is 4. The van der Waals surface area contributed by atoms with E-state index in [-0.39, 0.29) is 11.0 Å². The van der Waals surface area contributed by atoms with E-state index in [1.807, 2.05) is 42.5 Å². The number of benzene rings is 2. The molecule has 2 aromatic carbocycles. The summed E-state index contributed by atoms with van der Waals surface area (Å²) in [6.45, 7) is 0. The number of aliphatic imine (C=N–C) groups is 1. The molecule has 1 aliphatic heterocycles. The van der Waals surface area contributed by atoms with Gasteiger partial charge in [0.2, 0.25) is 0 Å². The highest BCUT2D eigenvalue weighted by Crippen LogP contribution is 2.45. The second-order valence-electron chi connectivity index (χ2n) is 5.41. The maximum Gasteiger partial charge on any atom is 0.148 e. The Morgan fingerprint density at radius 1 is 1.00 bits per heavy atom. The summed E-state index contributed by atoms with van der Waals surface area (Å²) in [5, 5.41) is 9.75. The van der Waals surface area contributed by atoms with Crippen LogP contribution in [0.5, 0.6) is 5.75 Å². The largest absolute Gasteiger partial charge is 0.508 e. The van der Waals surface area contributed by atoms with Crippen LogP contribution in [-0.4, -0.2) is 10.8 Å². The molecule has 23 heavy (non-hydrogen) atoms. The lowest BCUT2D eigenvalue weighted by Gasteiger charge is -2.15. The third kappa shape index (κ3) is 2.90. The second kappa shape index (κ2) is 5.97. The van der Waals surface area contributed by atoms with Gasteiger partial charge in [0, 0.05) is 16.6 Å². The summed E-state index contributed by atoms with van der Waals surface area (Å²) in [5.74, 6) is 1.10. The fourth-order valence-electron chi connectivity index (χ4n) is 2.68. The van der Waals surface area contributed by atoms with Gasteiger partial charge < -0.3 is 9.52 Å². The summed E-state index contributed by atoms with van der Waals surface area (Å²) >= 11 is 1.80. The van der Waals surface area contributed by atoms with Gasteiger partial charge in [-0.15, -0.1) is 11.8 Å². The molecule has 2 heterocycles. The monoisotopic (exact) mass is 321 g/mol. The van der Waals surface area contributed by atoms with E-state index in [9.17, 15) is 5.11 Å². The van der Waals surface area contributed by atoms with Gasteiger partial charge in [0.25, 0.3) is 0 Å². The molecule has 0 saturated carbocycles. The number of phenolic OH excluding ortho intramolecular Hbond substituents is 1. The predicted octanol–water partition coefficient (Wildman–Crippen LogP) is 5.34. The third-order valence-corrected chi connectivity index (χ3v) is 5.16. The Kier molecular flexibility index (Phi) is 3.67. The molecule has 114 valence electrons. The molecular weight excluding hydrogens is 306 g/mol. The van der Waals surface area contributed by atoms with E-state index in [4.69, 9.17) is 9.41 Å². The number of hydrogen-bond donors (Lipinski definition) is 1. The summed E-state index contributed by atoms with van der Waals surface area (Å²) in [4.78, 5) is 5.99. The van der Waals surface area contributed by atoms with Crippen molar-refractivity contribution in [3.05, 3.63) is 78.3 Å². The second-order valence-corrected chi connectivity index (χ2v) is 6.65. The van der Waals surface area contributed by atoms with Crippen molar-refractivity contribution in [3.63, 3.8) is 0 Å². The van der Waals surface area contributed by atoms with Crippen molar-refractivity contribution in [2.45, 2.75) is 16.6 Å². The number of para-hydroxylation sites is 1. The maximum absolute atomic E-state index is 9.53. The van der Waals surface area contributed by atoms with Crippen LogP contribution in [0.3, 0.4) is 0 Å². The Morgan fingerprint density at radius 3 is 2.61 bits per heavy atom. The fourth-order valence-corrected chi connectivity index (χ4v) is 3.92. The number of thioether (sulfide) groups is 1. The summed E-state index contributed by atoms with van der Waals surface area (Å²) < 4.78 is 5.57. The Hall–Kier alpha value is -2.46. The van der Waals surface area contributed by atoms with Gasteiger partial charge in [-0.2, -0.15) is 0 Å². The standard InChI is InChI=1S/C19H15NO2S/c21-14-9-7-13(8-10-14)19-12-16(17-5-3-11-22-17)20-15-4-1-2-6-18(15)23-19/h1-11,19,21H,12H2. The molecule has 3 aromatic rings. The zero-order chi connectivity index (χ0) is 15.6. The maximum atomic E-state index is 9.53. The van der Waals surface area contributed by atoms with Crippen molar-refractivity contribution in [2.24, 2.45) is 4.99 Å². The van der Waals surface area contributed by atoms with Crippen LogP contribution in [0.4, 0.5) is 5.69 Å². The van der Waals surface area contributed by atoms with Crippen LogP contribution in [0.1, 0.15) is 23.0 Å². The molecular formula is C19H15NO2S. The summed E-state index contributed by atoms with van der Waals surface area (Å²) in [7, 11) is 0. The van der Waals surface area contributed by atoms with E-state index in [0.717, 1.165) is 28.5 Å². The van der Waals surface area contributed by atoms with Gasteiger partial charge in [0.1, 0.15) is 11.5 Å². The first-order chi connectivity index (χ1) is 11.3. The summed E-state index contributed by atoms with van der Waals surface area (Å²) in [6, 6.07) is 19.4. The molecule has 0 aliphatic carbocycles. The molecule has 0 bridgehead atoms. The normalized spacial score (nSPS) is 17.2. The topological polar surface area (TPSA) is 45.7 Å². The molecule has 4 rings (SSSR count). The van der Waals surface area contributed by atoms with Gasteiger partial charge in [0.05, 0.1) is 17.7 Å². The third-order valence-electron chi connectivity index (χ3n) is 3.84. The average Bonchev–Trinajstić information content (AvgIpc) is 3.03. The van der Waals surface area contributed by atoms with Crippen molar-refractivity contribution >= 4 is 23.2 Å². The molecule has 1 aliphatic rings. The Labute approximate surface area is 138 Å². The first-order valence-electron chi connectivity index (χ1n) is 7.46. The Bertz CT molecular complexity index is 838. The lowest BCUT2D eigenvalue weighted by Crippen LogP contribution is -2.04. The van der Waals surface area contributed by atoms with Gasteiger partial charge in [-0.3, -0.25) is 0 Å². The number of nitrogens with zero attached hydrogens (tertiary/aromatic N) is 1. The highest BCUT2D eigenvalue weighted by atomic mass is 32.2. The van der Waals surface area contributed by atoms with E-state index in [0.29, 0.717) is 0 Å². The molecule has 0 spiro atoms. The van der Waals surface area contributed by atoms with Gasteiger partial charge in [-0.25, -0.2) is 4.99 Å². The summed E-state index contributed by atoms with van der Waals surface area (Å²) in [6.07, 6.45) is 2.45. The average molecular weight is 321 g/mol. The number of furan rings is 1. The van der Waals surface area contributed by atoms with E-state index in [2.05, 4.69) is 6.07 Å². The quantitative estimate of drug-likeness (QED) is 0.692. The molecule has 4 heteroatoms. The van der Waals surface area contributed by atoms with E-state index >= 15 is 0 Å². The van der Waals surface area contributed by atoms with Crippen molar-refractivity contribution in [1.29, 1.82) is 0 Å². The van der Waals surface area contributed by atoms with Gasteiger partial charge in [-0.1, -0.05) is 24.3 Å². The molecule has 1 N–H and O–H groups in total. The number of aromatic hydroxyl groups is 1. The molecule has 1 atom stereocenters. The van der Waals surface area contributed by atoms with Gasteiger partial charge >= 0.3 is 0 Å². The molecule has 0 fully saturated rings. The Balaban J connectivity index is 1.78. The van der Waals surface area contributed by atoms with Crippen LogP contribution in [0.15, 0.2) is 81.2 Å². The molecule has 0 amide bonds. The van der Waals surface area contributed by atoms with Crippen LogP contribution >= 0.6 is 11.8 Å². The van der Waals surface area contributed by atoms with Crippen LogP contribution < -0.4 is 0 Å². The fraction of sp³-hybridized carbons (Fsp3) is 0.105. The van der Waals surface area contributed by atoms with Crippen LogP contribution in [0.2, 0.25) is 0 Å². The highest BCUT2D eigenvalue weighted by Gasteiger charge is 2.23. The van der Waals surface area contributed by atoms with Crippen molar-refractivity contribution in [2.75, 3.05) is 0 Å².